The minimum absolute atomic E-state index is 0.262. The zero-order chi connectivity index (χ0) is 15.8. The average Bonchev–Trinajstić information content (AvgIpc) is 3.38. The first-order chi connectivity index (χ1) is 11.3. The Morgan fingerprint density at radius 1 is 0.435 bits per heavy atom. The second-order valence-electron chi connectivity index (χ2n) is 6.57. The third-order valence-corrected chi connectivity index (χ3v) is 10.5. The summed E-state index contributed by atoms with van der Waals surface area (Å²) in [6.45, 7) is 16.5. The monoisotopic (exact) mass is 581 g/mol. The summed E-state index contributed by atoms with van der Waals surface area (Å²) < 4.78 is 15.9. The quantitative estimate of drug-likeness (QED) is 0.344. The SMILES string of the molecule is C1CN1[PH+](N1CC1)N1CC1.C1CN1[PH+](N1CC1)N1CC1.[Cl][Pt][Cl]. The van der Waals surface area contributed by atoms with Crippen LogP contribution in [-0.2, 0) is 16.5 Å². The van der Waals surface area contributed by atoms with Crippen LogP contribution in [0.4, 0.5) is 0 Å². The van der Waals surface area contributed by atoms with E-state index in [0.29, 0.717) is 0 Å². The van der Waals surface area contributed by atoms with Crippen LogP contribution in [0.2, 0.25) is 0 Å². The zero-order valence-electron chi connectivity index (χ0n) is 13.2. The molecule has 0 atom stereocenters. The van der Waals surface area contributed by atoms with E-state index in [9.17, 15) is 0 Å². The third kappa shape index (κ3) is 5.94. The molecule has 0 N–H and O–H groups in total. The van der Waals surface area contributed by atoms with E-state index in [2.05, 4.69) is 28.0 Å². The molecule has 6 nitrogen and oxygen atoms in total. The van der Waals surface area contributed by atoms with Crippen molar-refractivity contribution in [3.05, 3.63) is 0 Å². The Morgan fingerprint density at radius 3 is 0.652 bits per heavy atom. The standard InChI is InChI=1S/2C6H12N3P.2ClH.Pt/c2*1-2-7(1)10(8-3-4-8)9-5-6-9;;;/h2*1-6H2;2*1H;/q;;;;+2. The van der Waals surface area contributed by atoms with E-state index >= 15 is 0 Å². The molecule has 6 heterocycles. The van der Waals surface area contributed by atoms with Gasteiger partial charge in [0.25, 0.3) is 0 Å². The first-order valence-corrected chi connectivity index (χ1v) is 16.7. The van der Waals surface area contributed by atoms with E-state index in [4.69, 9.17) is 18.8 Å². The zero-order valence-corrected chi connectivity index (χ0v) is 19.0. The van der Waals surface area contributed by atoms with Crippen LogP contribution < -0.4 is 0 Å². The molecule has 0 aliphatic carbocycles. The molecular weight excluding hydrogens is 556 g/mol. The molecule has 6 fully saturated rings. The minimum atomic E-state index is -0.472. The molecular formula is C12H26Cl2N6P2Pt+2. The van der Waals surface area contributed by atoms with Crippen LogP contribution >= 0.6 is 35.6 Å². The number of nitrogens with zero attached hydrogens (tertiary/aromatic N) is 6. The van der Waals surface area contributed by atoms with Crippen molar-refractivity contribution in [2.45, 2.75) is 0 Å². The number of hydrogen-bond donors (Lipinski definition) is 0. The summed E-state index contributed by atoms with van der Waals surface area (Å²) in [5, 5.41) is 0. The van der Waals surface area contributed by atoms with E-state index in [1.807, 2.05) is 0 Å². The van der Waals surface area contributed by atoms with Gasteiger partial charge in [-0.05, 0) is 0 Å². The van der Waals surface area contributed by atoms with Gasteiger partial charge in [0, 0.05) is 0 Å². The fourth-order valence-corrected chi connectivity index (χ4v) is 8.10. The summed E-state index contributed by atoms with van der Waals surface area (Å²) in [6.07, 6.45) is 0. The molecule has 0 aromatic heterocycles. The molecule has 136 valence electrons. The van der Waals surface area contributed by atoms with Crippen LogP contribution in [0.1, 0.15) is 0 Å². The maximum atomic E-state index is 4.88. The molecule has 6 aliphatic rings. The molecule has 6 rings (SSSR count). The molecule has 0 aromatic carbocycles. The van der Waals surface area contributed by atoms with Crippen molar-refractivity contribution in [3.63, 3.8) is 0 Å². The summed E-state index contributed by atoms with van der Waals surface area (Å²) in [7, 11) is 9.23. The fourth-order valence-electron chi connectivity index (χ4n) is 2.70. The molecule has 0 aromatic rings. The first kappa shape index (κ1) is 18.3. The van der Waals surface area contributed by atoms with E-state index < -0.39 is 16.5 Å². The molecule has 23 heavy (non-hydrogen) atoms. The molecule has 0 amide bonds. The van der Waals surface area contributed by atoms with Gasteiger partial charge in [-0.15, -0.1) is 28.0 Å². The summed E-state index contributed by atoms with van der Waals surface area (Å²) in [5.41, 5.74) is 0. The Kier molecular flexibility index (Phi) is 6.57. The van der Waals surface area contributed by atoms with Gasteiger partial charge in [0.2, 0.25) is 16.7 Å². The van der Waals surface area contributed by atoms with Gasteiger partial charge in [0.1, 0.15) is 0 Å². The van der Waals surface area contributed by atoms with Crippen molar-refractivity contribution in [2.24, 2.45) is 0 Å². The Hall–Kier alpha value is 1.89. The van der Waals surface area contributed by atoms with Gasteiger partial charge in [0.05, 0.1) is 78.5 Å². The first-order valence-electron chi connectivity index (χ1n) is 8.38. The third-order valence-electron chi connectivity index (χ3n) is 4.38. The Morgan fingerprint density at radius 2 is 0.565 bits per heavy atom. The topological polar surface area (TPSA) is 18.1 Å². The van der Waals surface area contributed by atoms with Crippen molar-refractivity contribution < 1.29 is 16.5 Å². The molecule has 0 radical (unpaired) electrons. The van der Waals surface area contributed by atoms with Crippen molar-refractivity contribution in [1.29, 1.82) is 0 Å². The maximum absolute atomic E-state index is 4.88. The van der Waals surface area contributed by atoms with Crippen molar-refractivity contribution in [1.82, 2.24) is 28.0 Å². The molecule has 11 heteroatoms. The Balaban J connectivity index is 0.000000101. The molecule has 0 bridgehead atoms. The van der Waals surface area contributed by atoms with Gasteiger partial charge in [-0.3, -0.25) is 0 Å². The van der Waals surface area contributed by atoms with Gasteiger partial charge in [-0.2, -0.15) is 0 Å². The summed E-state index contributed by atoms with van der Waals surface area (Å²) >= 11 is -0.472. The van der Waals surface area contributed by atoms with Gasteiger partial charge >= 0.3 is 35.3 Å². The summed E-state index contributed by atoms with van der Waals surface area (Å²) in [6, 6.07) is 0. The predicted molar refractivity (Wildman–Crippen MR) is 97.8 cm³/mol. The number of hydrogen-bond acceptors (Lipinski definition) is 6. The molecule has 0 unspecified atom stereocenters. The second kappa shape index (κ2) is 8.28. The fraction of sp³-hybridized carbons (Fsp3) is 1.00. The molecule has 6 saturated heterocycles. The van der Waals surface area contributed by atoms with Crippen molar-refractivity contribution in [2.75, 3.05) is 78.5 Å². The van der Waals surface area contributed by atoms with Gasteiger partial charge in [0.15, 0.2) is 0 Å². The van der Waals surface area contributed by atoms with Gasteiger partial charge in [-0.25, -0.2) is 0 Å². The van der Waals surface area contributed by atoms with Crippen LogP contribution in [0.5, 0.6) is 0 Å². The van der Waals surface area contributed by atoms with E-state index in [0.717, 1.165) is 0 Å². The number of rotatable bonds is 6. The predicted octanol–water partition coefficient (Wildman–Crippen LogP) is 1.16. The van der Waals surface area contributed by atoms with E-state index in [1.54, 1.807) is 0 Å². The summed E-state index contributed by atoms with van der Waals surface area (Å²) in [4.78, 5) is 0. The van der Waals surface area contributed by atoms with E-state index in [-0.39, 0.29) is 16.7 Å². The normalized spacial score (nSPS) is 29.9. The Labute approximate surface area is 158 Å². The van der Waals surface area contributed by atoms with Crippen LogP contribution in [0.3, 0.4) is 0 Å². The average molecular weight is 582 g/mol. The summed E-state index contributed by atoms with van der Waals surface area (Å²) in [5.74, 6) is 0. The van der Waals surface area contributed by atoms with Crippen LogP contribution in [0, 0.1) is 0 Å². The molecule has 0 saturated carbocycles. The van der Waals surface area contributed by atoms with Gasteiger partial charge in [-0.1, -0.05) is 0 Å². The number of halogens is 2. The Bertz CT molecular complexity index is 310. The van der Waals surface area contributed by atoms with Crippen LogP contribution in [0.15, 0.2) is 0 Å². The van der Waals surface area contributed by atoms with Crippen LogP contribution in [-0.4, -0.2) is 107 Å². The van der Waals surface area contributed by atoms with Crippen molar-refractivity contribution in [3.8, 4) is 0 Å². The van der Waals surface area contributed by atoms with Gasteiger partial charge < -0.3 is 0 Å². The van der Waals surface area contributed by atoms with Crippen LogP contribution in [0.25, 0.3) is 0 Å². The molecule has 6 aliphatic heterocycles. The van der Waals surface area contributed by atoms with Crippen molar-refractivity contribution >= 4 is 35.6 Å². The second-order valence-corrected chi connectivity index (χ2v) is 14.8. The van der Waals surface area contributed by atoms with E-state index in [1.165, 1.54) is 78.5 Å². The molecule has 0 spiro atoms.